The van der Waals surface area contributed by atoms with Crippen LogP contribution in [0.3, 0.4) is 0 Å². The van der Waals surface area contributed by atoms with E-state index in [0.29, 0.717) is 11.4 Å². The summed E-state index contributed by atoms with van der Waals surface area (Å²) >= 11 is 0. The van der Waals surface area contributed by atoms with E-state index in [4.69, 9.17) is 5.73 Å². The van der Waals surface area contributed by atoms with E-state index in [1.165, 1.54) is 4.90 Å². The molecule has 5 nitrogen and oxygen atoms in total. The molecule has 1 aliphatic heterocycles. The molecule has 18 heavy (non-hydrogen) atoms. The Bertz CT molecular complexity index is 600. The second kappa shape index (κ2) is 4.24. The van der Waals surface area contributed by atoms with Gasteiger partial charge >= 0.3 is 10.2 Å². The lowest BCUT2D eigenvalue weighted by atomic mass is 10.2. The van der Waals surface area contributed by atoms with Crippen LogP contribution in [0.25, 0.3) is 0 Å². The molecule has 0 bridgehead atoms. The Morgan fingerprint density at radius 1 is 1.44 bits per heavy atom. The minimum Gasteiger partial charge on any atom is -0.397 e. The molecule has 1 aromatic carbocycles. The van der Waals surface area contributed by atoms with Gasteiger partial charge in [-0.15, -0.1) is 3.89 Å². The van der Waals surface area contributed by atoms with Crippen LogP contribution in [0.2, 0.25) is 0 Å². The second-order valence-electron chi connectivity index (χ2n) is 4.37. The van der Waals surface area contributed by atoms with Crippen LogP contribution in [-0.2, 0) is 15.0 Å². The third-order valence-corrected chi connectivity index (χ3v) is 4.07. The average Bonchev–Trinajstić information content (AvgIpc) is 2.60. The van der Waals surface area contributed by atoms with E-state index in [2.05, 4.69) is 0 Å². The summed E-state index contributed by atoms with van der Waals surface area (Å²) in [6.07, 6.45) is -0.341. The van der Waals surface area contributed by atoms with Crippen LogP contribution in [-0.4, -0.2) is 26.1 Å². The standard InChI is InChI=1S/C11H13FN2O3S/c1-7-2-3-10(9(13)4-7)14-6-8(5-11(14)15)18(12,16)17/h2-4,8H,5-6,13H2,1H3. The van der Waals surface area contributed by atoms with Crippen LogP contribution in [0, 0.1) is 6.92 Å². The zero-order valence-corrected chi connectivity index (χ0v) is 10.6. The summed E-state index contributed by atoms with van der Waals surface area (Å²) in [7, 11) is -4.70. The monoisotopic (exact) mass is 272 g/mol. The van der Waals surface area contributed by atoms with Crippen molar-refractivity contribution in [3.63, 3.8) is 0 Å². The number of benzene rings is 1. The largest absolute Gasteiger partial charge is 0.397 e. The number of nitrogens with two attached hydrogens (primary N) is 1. The predicted octanol–water partition coefficient (Wildman–Crippen LogP) is 0.982. The van der Waals surface area contributed by atoms with Crippen molar-refractivity contribution in [1.82, 2.24) is 0 Å². The maximum Gasteiger partial charge on any atom is 0.307 e. The quantitative estimate of drug-likeness (QED) is 0.643. The number of rotatable bonds is 2. The van der Waals surface area contributed by atoms with Crippen molar-refractivity contribution in [3.05, 3.63) is 23.8 Å². The van der Waals surface area contributed by atoms with Crippen molar-refractivity contribution in [2.75, 3.05) is 17.2 Å². The summed E-state index contributed by atoms with van der Waals surface area (Å²) < 4.78 is 34.5. The third kappa shape index (κ3) is 2.31. The second-order valence-corrected chi connectivity index (χ2v) is 5.99. The van der Waals surface area contributed by atoms with Gasteiger partial charge in [0.25, 0.3) is 0 Å². The van der Waals surface area contributed by atoms with Crippen molar-refractivity contribution >= 4 is 27.5 Å². The highest BCUT2D eigenvalue weighted by molar-refractivity contribution is 7.87. The highest BCUT2D eigenvalue weighted by atomic mass is 32.3. The summed E-state index contributed by atoms with van der Waals surface area (Å²) in [5.41, 5.74) is 7.51. The van der Waals surface area contributed by atoms with E-state index in [-0.39, 0.29) is 13.0 Å². The third-order valence-electron chi connectivity index (χ3n) is 2.96. The van der Waals surface area contributed by atoms with Crippen LogP contribution in [0.15, 0.2) is 18.2 Å². The molecule has 0 aromatic heterocycles. The Balaban J connectivity index is 2.33. The maximum atomic E-state index is 12.9. The number of anilines is 2. The maximum absolute atomic E-state index is 12.9. The van der Waals surface area contributed by atoms with Gasteiger partial charge in [-0.3, -0.25) is 4.79 Å². The molecule has 1 fully saturated rings. The van der Waals surface area contributed by atoms with E-state index in [0.717, 1.165) is 5.56 Å². The first-order chi connectivity index (χ1) is 8.29. The molecule has 1 unspecified atom stereocenters. The van der Waals surface area contributed by atoms with Gasteiger partial charge in [0.15, 0.2) is 0 Å². The zero-order chi connectivity index (χ0) is 13.5. The Labute approximate surface area is 105 Å². The van der Waals surface area contributed by atoms with Gasteiger partial charge in [0, 0.05) is 13.0 Å². The molecular weight excluding hydrogens is 259 g/mol. The molecule has 0 aliphatic carbocycles. The minimum absolute atomic E-state index is 0.190. The zero-order valence-electron chi connectivity index (χ0n) is 9.76. The number of hydrogen-bond acceptors (Lipinski definition) is 4. The van der Waals surface area contributed by atoms with E-state index >= 15 is 0 Å². The van der Waals surface area contributed by atoms with Crippen LogP contribution < -0.4 is 10.6 Å². The molecule has 1 amide bonds. The summed E-state index contributed by atoms with van der Waals surface area (Å²) in [6.45, 7) is 1.66. The fourth-order valence-corrected chi connectivity index (χ4v) is 2.68. The molecule has 98 valence electrons. The molecule has 1 aliphatic rings. The normalized spacial score (nSPS) is 20.4. The minimum atomic E-state index is -4.70. The Morgan fingerprint density at radius 2 is 2.11 bits per heavy atom. The number of nitrogen functional groups attached to an aromatic ring is 1. The van der Waals surface area contributed by atoms with Gasteiger partial charge < -0.3 is 10.6 Å². The molecule has 0 saturated carbocycles. The highest BCUT2D eigenvalue weighted by Crippen LogP contribution is 2.30. The van der Waals surface area contributed by atoms with Crippen molar-refractivity contribution in [2.24, 2.45) is 0 Å². The first kappa shape index (κ1) is 12.8. The number of halogens is 1. The number of carbonyl (C=O) groups excluding carboxylic acids is 1. The molecular formula is C11H13FN2O3S. The SMILES string of the molecule is Cc1ccc(N2CC(S(=O)(=O)F)CC2=O)c(N)c1. The molecule has 1 heterocycles. The van der Waals surface area contributed by atoms with E-state index in [1.54, 1.807) is 18.2 Å². The van der Waals surface area contributed by atoms with Crippen LogP contribution in [0.1, 0.15) is 12.0 Å². The molecule has 7 heteroatoms. The molecule has 1 saturated heterocycles. The first-order valence-corrected chi connectivity index (χ1v) is 6.83. The molecule has 2 N–H and O–H groups in total. The average molecular weight is 272 g/mol. The van der Waals surface area contributed by atoms with Gasteiger partial charge in [-0.25, -0.2) is 0 Å². The van der Waals surface area contributed by atoms with Crippen molar-refractivity contribution in [1.29, 1.82) is 0 Å². The van der Waals surface area contributed by atoms with Crippen molar-refractivity contribution in [2.45, 2.75) is 18.6 Å². The fraction of sp³-hybridized carbons (Fsp3) is 0.364. The molecule has 0 spiro atoms. The van der Waals surface area contributed by atoms with Crippen LogP contribution in [0.4, 0.5) is 15.3 Å². The number of hydrogen-bond donors (Lipinski definition) is 1. The summed E-state index contributed by atoms with van der Waals surface area (Å²) in [5, 5.41) is -1.30. The van der Waals surface area contributed by atoms with E-state index in [9.17, 15) is 17.1 Å². The van der Waals surface area contributed by atoms with Crippen LogP contribution >= 0.6 is 0 Å². The lowest BCUT2D eigenvalue weighted by molar-refractivity contribution is -0.117. The Kier molecular flexibility index (Phi) is 3.02. The van der Waals surface area contributed by atoms with Crippen molar-refractivity contribution < 1.29 is 17.1 Å². The number of carbonyl (C=O) groups is 1. The fourth-order valence-electron chi connectivity index (χ4n) is 2.02. The number of amides is 1. The lowest BCUT2D eigenvalue weighted by Crippen LogP contribution is -2.27. The summed E-state index contributed by atoms with van der Waals surface area (Å²) in [4.78, 5) is 12.9. The summed E-state index contributed by atoms with van der Waals surface area (Å²) in [5.74, 6) is -0.434. The molecule has 1 aromatic rings. The van der Waals surface area contributed by atoms with Gasteiger partial charge in [0.1, 0.15) is 5.25 Å². The van der Waals surface area contributed by atoms with Gasteiger partial charge in [-0.2, -0.15) is 8.42 Å². The predicted molar refractivity (Wildman–Crippen MR) is 66.4 cm³/mol. The molecule has 0 radical (unpaired) electrons. The van der Waals surface area contributed by atoms with Crippen molar-refractivity contribution in [3.8, 4) is 0 Å². The van der Waals surface area contributed by atoms with Gasteiger partial charge in [0.2, 0.25) is 5.91 Å². The Morgan fingerprint density at radius 3 is 2.61 bits per heavy atom. The smallest absolute Gasteiger partial charge is 0.307 e. The van der Waals surface area contributed by atoms with Gasteiger partial charge in [0.05, 0.1) is 11.4 Å². The number of aryl methyl sites for hydroxylation is 1. The van der Waals surface area contributed by atoms with Gasteiger partial charge in [-0.1, -0.05) is 6.07 Å². The molecule has 2 rings (SSSR count). The van der Waals surface area contributed by atoms with E-state index in [1.807, 2.05) is 6.92 Å². The number of nitrogens with zero attached hydrogens (tertiary/aromatic N) is 1. The lowest BCUT2D eigenvalue weighted by Gasteiger charge is -2.18. The summed E-state index contributed by atoms with van der Waals surface area (Å²) in [6, 6.07) is 5.08. The van der Waals surface area contributed by atoms with Gasteiger partial charge in [-0.05, 0) is 24.6 Å². The first-order valence-electron chi connectivity index (χ1n) is 5.39. The molecule has 1 atom stereocenters. The van der Waals surface area contributed by atoms with E-state index < -0.39 is 21.4 Å². The van der Waals surface area contributed by atoms with Crippen LogP contribution in [0.5, 0.6) is 0 Å². The Hall–Kier alpha value is -1.63. The highest BCUT2D eigenvalue weighted by Gasteiger charge is 2.39. The topological polar surface area (TPSA) is 80.5 Å².